The van der Waals surface area contributed by atoms with Gasteiger partial charge in [0.25, 0.3) is 5.91 Å². The first-order valence-electron chi connectivity index (χ1n) is 12.0. The number of aliphatic imine (C=N–C) groups is 1. The lowest BCUT2D eigenvalue weighted by atomic mass is 10.1. The number of anilines is 2. The van der Waals surface area contributed by atoms with Crippen LogP contribution in [0.4, 0.5) is 15.9 Å². The minimum Gasteiger partial charge on any atom is -0.340 e. The Morgan fingerprint density at radius 1 is 1.00 bits per heavy atom. The minimum absolute atomic E-state index is 0.0865. The quantitative estimate of drug-likeness (QED) is 0.357. The van der Waals surface area contributed by atoms with Gasteiger partial charge in [-0.25, -0.2) is 9.37 Å². The second-order valence-electron chi connectivity index (χ2n) is 8.99. The van der Waals surface area contributed by atoms with Crippen molar-refractivity contribution >= 4 is 23.1 Å². The van der Waals surface area contributed by atoms with E-state index in [0.29, 0.717) is 31.9 Å². The molecule has 1 aliphatic rings. The van der Waals surface area contributed by atoms with E-state index < -0.39 is 0 Å². The fraction of sp³-hybridized carbons (Fsp3) is 0.207. The van der Waals surface area contributed by atoms with Crippen LogP contribution in [0.15, 0.2) is 83.9 Å². The van der Waals surface area contributed by atoms with Gasteiger partial charge >= 0.3 is 0 Å². The molecule has 6 nitrogen and oxygen atoms in total. The van der Waals surface area contributed by atoms with Crippen LogP contribution in [0.25, 0.3) is 11.3 Å². The highest BCUT2D eigenvalue weighted by Crippen LogP contribution is 2.33. The van der Waals surface area contributed by atoms with Crippen molar-refractivity contribution in [1.82, 2.24) is 14.5 Å². The van der Waals surface area contributed by atoms with Crippen LogP contribution in [0.5, 0.6) is 0 Å². The topological polar surface area (TPSA) is 62.5 Å². The molecule has 3 aromatic carbocycles. The van der Waals surface area contributed by atoms with Gasteiger partial charge in [-0.05, 0) is 55.8 Å². The van der Waals surface area contributed by atoms with Gasteiger partial charge in [0.15, 0.2) is 0 Å². The molecule has 7 heteroatoms. The normalized spacial score (nSPS) is 13.4. The predicted molar refractivity (Wildman–Crippen MR) is 141 cm³/mol. The molecule has 1 aliphatic heterocycles. The van der Waals surface area contributed by atoms with Crippen molar-refractivity contribution in [2.24, 2.45) is 4.99 Å². The summed E-state index contributed by atoms with van der Waals surface area (Å²) in [6.45, 7) is 5.80. The Hall–Kier alpha value is -4.26. The lowest BCUT2D eigenvalue weighted by Gasteiger charge is -2.28. The number of aryl methyl sites for hydroxylation is 1. The molecule has 1 amide bonds. The summed E-state index contributed by atoms with van der Waals surface area (Å²) in [5.41, 5.74) is 5.20. The van der Waals surface area contributed by atoms with Crippen LogP contribution in [0.2, 0.25) is 0 Å². The average Bonchev–Trinajstić information content (AvgIpc) is 3.26. The fourth-order valence-corrected chi connectivity index (χ4v) is 4.30. The molecule has 0 saturated heterocycles. The highest BCUT2D eigenvalue weighted by molar-refractivity contribution is 6.37. The zero-order valence-electron chi connectivity index (χ0n) is 20.4. The Morgan fingerprint density at radius 2 is 1.72 bits per heavy atom. The molecular weight excluding hydrogens is 453 g/mol. The van der Waals surface area contributed by atoms with E-state index in [1.54, 1.807) is 24.0 Å². The van der Waals surface area contributed by atoms with Crippen molar-refractivity contribution in [2.75, 3.05) is 11.9 Å². The number of nitrogens with zero attached hydrogens (tertiary/aromatic N) is 4. The van der Waals surface area contributed by atoms with Gasteiger partial charge in [0.1, 0.15) is 23.2 Å². The van der Waals surface area contributed by atoms with E-state index in [9.17, 15) is 9.18 Å². The molecule has 0 aliphatic carbocycles. The molecular formula is C29H28FN5O. The summed E-state index contributed by atoms with van der Waals surface area (Å²) in [5, 5.41) is 3.51. The SMILES string of the molecule is CC(=NCc1ccccc1)C(=O)N1CCn2c(nc(-c3ccc(F)cc3)c2Nc2ccc(C)cc2)C1. The van der Waals surface area contributed by atoms with Gasteiger partial charge in [-0.1, -0.05) is 48.0 Å². The summed E-state index contributed by atoms with van der Waals surface area (Å²) >= 11 is 0. The number of hydrogen-bond acceptors (Lipinski definition) is 4. The number of fused-ring (bicyclic) bond motifs is 1. The Bertz CT molecular complexity index is 1390. The van der Waals surface area contributed by atoms with Crippen LogP contribution in [-0.2, 0) is 24.4 Å². The van der Waals surface area contributed by atoms with Crippen LogP contribution >= 0.6 is 0 Å². The largest absolute Gasteiger partial charge is 0.340 e. The number of imidazole rings is 1. The fourth-order valence-electron chi connectivity index (χ4n) is 4.30. The van der Waals surface area contributed by atoms with Crippen molar-refractivity contribution in [2.45, 2.75) is 33.5 Å². The molecule has 5 rings (SSSR count). The number of nitrogens with one attached hydrogen (secondary N) is 1. The smallest absolute Gasteiger partial charge is 0.267 e. The second-order valence-corrected chi connectivity index (χ2v) is 8.99. The number of halogens is 1. The van der Waals surface area contributed by atoms with E-state index in [-0.39, 0.29) is 11.7 Å². The van der Waals surface area contributed by atoms with E-state index in [4.69, 9.17) is 4.98 Å². The maximum Gasteiger partial charge on any atom is 0.267 e. The monoisotopic (exact) mass is 481 g/mol. The molecule has 0 fully saturated rings. The van der Waals surface area contributed by atoms with Gasteiger partial charge in [0, 0.05) is 24.3 Å². The second kappa shape index (κ2) is 10.2. The Balaban J connectivity index is 1.42. The Kier molecular flexibility index (Phi) is 6.62. The number of amides is 1. The number of rotatable bonds is 6. The first-order chi connectivity index (χ1) is 17.5. The van der Waals surface area contributed by atoms with E-state index in [0.717, 1.165) is 34.2 Å². The lowest BCUT2D eigenvalue weighted by Crippen LogP contribution is -2.41. The molecule has 1 aromatic heterocycles. The number of benzene rings is 3. The molecule has 0 saturated carbocycles. The summed E-state index contributed by atoms with van der Waals surface area (Å²) in [6, 6.07) is 24.4. The van der Waals surface area contributed by atoms with E-state index in [1.807, 2.05) is 61.5 Å². The highest BCUT2D eigenvalue weighted by Gasteiger charge is 2.28. The van der Waals surface area contributed by atoms with E-state index in [1.165, 1.54) is 17.7 Å². The maximum atomic E-state index is 13.6. The zero-order chi connectivity index (χ0) is 25.1. The molecule has 0 radical (unpaired) electrons. The van der Waals surface area contributed by atoms with Crippen LogP contribution < -0.4 is 5.32 Å². The molecule has 0 spiro atoms. The van der Waals surface area contributed by atoms with Crippen LogP contribution in [-0.4, -0.2) is 32.6 Å². The van der Waals surface area contributed by atoms with Crippen molar-refractivity contribution in [3.8, 4) is 11.3 Å². The Labute approximate surface area is 210 Å². The van der Waals surface area contributed by atoms with Crippen LogP contribution in [0.3, 0.4) is 0 Å². The van der Waals surface area contributed by atoms with Gasteiger partial charge in [-0.15, -0.1) is 0 Å². The maximum absolute atomic E-state index is 13.6. The van der Waals surface area contributed by atoms with Gasteiger partial charge < -0.3 is 14.8 Å². The third-order valence-electron chi connectivity index (χ3n) is 6.34. The standard InChI is InChI=1S/C29H28FN5O/c1-20-8-14-25(15-9-20)32-28-27(23-10-12-24(30)13-11-23)33-26-19-34(16-17-35(26)28)29(36)21(2)31-18-22-6-4-3-5-7-22/h3-15,32H,16-19H2,1-2H3. The number of carbonyl (C=O) groups excluding carboxylic acids is 1. The lowest BCUT2D eigenvalue weighted by molar-refractivity contribution is -0.125. The number of carbonyl (C=O) groups is 1. The Morgan fingerprint density at radius 3 is 2.44 bits per heavy atom. The van der Waals surface area contributed by atoms with Gasteiger partial charge in [-0.3, -0.25) is 9.79 Å². The zero-order valence-corrected chi connectivity index (χ0v) is 20.4. The molecule has 0 bridgehead atoms. The van der Waals surface area contributed by atoms with Gasteiger partial charge in [-0.2, -0.15) is 0 Å². The van der Waals surface area contributed by atoms with Gasteiger partial charge in [0.2, 0.25) is 0 Å². The average molecular weight is 482 g/mol. The van der Waals surface area contributed by atoms with E-state index in [2.05, 4.69) is 14.9 Å². The summed E-state index contributed by atoms with van der Waals surface area (Å²) in [4.78, 5) is 24.4. The summed E-state index contributed by atoms with van der Waals surface area (Å²) in [6.07, 6.45) is 0. The third-order valence-corrected chi connectivity index (χ3v) is 6.34. The summed E-state index contributed by atoms with van der Waals surface area (Å²) in [7, 11) is 0. The number of aromatic nitrogens is 2. The first-order valence-corrected chi connectivity index (χ1v) is 12.0. The molecule has 0 unspecified atom stereocenters. The van der Waals surface area contributed by atoms with Crippen molar-refractivity contribution in [3.63, 3.8) is 0 Å². The van der Waals surface area contributed by atoms with Crippen molar-refractivity contribution < 1.29 is 9.18 Å². The van der Waals surface area contributed by atoms with Crippen molar-refractivity contribution in [3.05, 3.63) is 102 Å². The van der Waals surface area contributed by atoms with Crippen molar-refractivity contribution in [1.29, 1.82) is 0 Å². The number of hydrogen-bond donors (Lipinski definition) is 1. The molecule has 182 valence electrons. The van der Waals surface area contributed by atoms with Gasteiger partial charge in [0.05, 0.1) is 18.8 Å². The van der Waals surface area contributed by atoms with E-state index >= 15 is 0 Å². The molecule has 4 aromatic rings. The third kappa shape index (κ3) is 5.05. The molecule has 1 N–H and O–H groups in total. The first kappa shape index (κ1) is 23.5. The predicted octanol–water partition coefficient (Wildman–Crippen LogP) is 5.74. The minimum atomic E-state index is -0.294. The van der Waals surface area contributed by atoms with Crippen LogP contribution in [0, 0.1) is 12.7 Å². The highest BCUT2D eigenvalue weighted by atomic mass is 19.1. The molecule has 0 atom stereocenters. The molecule has 36 heavy (non-hydrogen) atoms. The van der Waals surface area contributed by atoms with Crippen LogP contribution in [0.1, 0.15) is 23.9 Å². The molecule has 2 heterocycles. The summed E-state index contributed by atoms with van der Waals surface area (Å²) < 4.78 is 15.7. The summed E-state index contributed by atoms with van der Waals surface area (Å²) in [5.74, 6) is 1.23.